The van der Waals surface area contributed by atoms with E-state index in [0.29, 0.717) is 27.6 Å². The first-order chi connectivity index (χ1) is 15.7. The minimum Gasteiger partial charge on any atom is -0.491 e. The number of nitrogens with zero attached hydrogens (tertiary/aromatic N) is 3. The Morgan fingerprint density at radius 3 is 2.45 bits per heavy atom. The fourth-order valence-electron chi connectivity index (χ4n) is 3.79. The summed E-state index contributed by atoms with van der Waals surface area (Å²) in [5.74, 6) is 0.383. The maximum Gasteiger partial charge on any atom is 0.258 e. The van der Waals surface area contributed by atoms with E-state index in [9.17, 15) is 18.3 Å². The van der Waals surface area contributed by atoms with E-state index in [1.807, 2.05) is 25.4 Å². The second kappa shape index (κ2) is 8.84. The number of aliphatic hydroxyl groups excluding tert-OH is 1. The lowest BCUT2D eigenvalue weighted by atomic mass is 9.97. The molecule has 0 aliphatic carbocycles. The molecule has 2 heterocycles. The predicted molar refractivity (Wildman–Crippen MR) is 127 cm³/mol. The van der Waals surface area contributed by atoms with Crippen LogP contribution >= 0.6 is 0 Å². The smallest absolute Gasteiger partial charge is 0.258 e. The highest BCUT2D eigenvalue weighted by Gasteiger charge is 2.19. The van der Waals surface area contributed by atoms with E-state index in [1.54, 1.807) is 49.2 Å². The number of fused-ring (bicyclic) bond motifs is 1. The van der Waals surface area contributed by atoms with Crippen LogP contribution in [0, 0.1) is 0 Å². The summed E-state index contributed by atoms with van der Waals surface area (Å²) in [7, 11) is 0.0131. The van der Waals surface area contributed by atoms with Crippen LogP contribution in [0.1, 0.15) is 6.92 Å². The van der Waals surface area contributed by atoms with E-state index < -0.39 is 9.84 Å². The minimum absolute atomic E-state index is 0.0392. The zero-order chi connectivity index (χ0) is 23.8. The number of benzene rings is 2. The molecule has 8 nitrogen and oxygen atoms in total. The maximum atomic E-state index is 12.9. The number of sulfone groups is 1. The van der Waals surface area contributed by atoms with Gasteiger partial charge >= 0.3 is 0 Å². The predicted octanol–water partition coefficient (Wildman–Crippen LogP) is 2.77. The Balaban J connectivity index is 2.04. The number of hydrogen-bond acceptors (Lipinski definition) is 6. The van der Waals surface area contributed by atoms with Gasteiger partial charge in [-0.25, -0.2) is 8.42 Å². The van der Waals surface area contributed by atoms with Crippen LogP contribution < -0.4 is 10.3 Å². The second-order valence-electron chi connectivity index (χ2n) is 7.76. The minimum atomic E-state index is -3.47. The van der Waals surface area contributed by atoms with Crippen LogP contribution in [0.15, 0.2) is 64.7 Å². The van der Waals surface area contributed by atoms with Crippen molar-refractivity contribution in [1.29, 1.82) is 0 Å². The summed E-state index contributed by atoms with van der Waals surface area (Å²) >= 11 is 0. The first kappa shape index (κ1) is 22.8. The quantitative estimate of drug-likeness (QED) is 0.448. The maximum absolute atomic E-state index is 12.9. The molecule has 0 unspecified atom stereocenters. The Labute approximate surface area is 191 Å². The van der Waals surface area contributed by atoms with Crippen molar-refractivity contribution < 1.29 is 18.3 Å². The molecule has 0 aliphatic heterocycles. The van der Waals surface area contributed by atoms with E-state index in [2.05, 4.69) is 5.10 Å². The van der Waals surface area contributed by atoms with E-state index in [4.69, 9.17) is 4.74 Å². The Bertz CT molecular complexity index is 1500. The van der Waals surface area contributed by atoms with Crippen molar-refractivity contribution in [2.45, 2.75) is 11.8 Å². The highest BCUT2D eigenvalue weighted by atomic mass is 32.2. The summed E-state index contributed by atoms with van der Waals surface area (Å²) in [4.78, 5) is 13.0. The lowest BCUT2D eigenvalue weighted by Gasteiger charge is -2.16. The molecule has 2 aromatic heterocycles. The molecule has 9 heteroatoms. The second-order valence-corrected chi connectivity index (χ2v) is 10.0. The summed E-state index contributed by atoms with van der Waals surface area (Å²) in [5, 5.41) is 14.6. The molecule has 2 aromatic carbocycles. The molecule has 172 valence electrons. The van der Waals surface area contributed by atoms with Crippen molar-refractivity contribution in [2.75, 3.05) is 19.0 Å². The van der Waals surface area contributed by atoms with E-state index >= 15 is 0 Å². The van der Waals surface area contributed by atoms with E-state index in [-0.39, 0.29) is 29.4 Å². The lowest BCUT2D eigenvalue weighted by Crippen LogP contribution is -2.17. The molecule has 1 N–H and O–H groups in total. The summed E-state index contributed by atoms with van der Waals surface area (Å²) in [6.45, 7) is 1.46. The van der Waals surface area contributed by atoms with Crippen LogP contribution in [0.25, 0.3) is 33.0 Å². The normalized spacial score (nSPS) is 11.8. The number of aromatic nitrogens is 3. The van der Waals surface area contributed by atoms with Crippen molar-refractivity contribution >= 4 is 20.6 Å². The van der Waals surface area contributed by atoms with Gasteiger partial charge in [-0.1, -0.05) is 13.0 Å². The SMILES string of the molecule is CCS(=O)(=O)c1ccc(OCCO)c(-c2cn(C)c(=O)c3ccc(-c4cnn(C)c4)cc23)c1. The molecule has 0 saturated carbocycles. The van der Waals surface area contributed by atoms with Gasteiger partial charge in [0.15, 0.2) is 9.84 Å². The van der Waals surface area contributed by atoms with Crippen LogP contribution in [-0.2, 0) is 23.9 Å². The molecule has 0 atom stereocenters. The summed E-state index contributed by atoms with van der Waals surface area (Å²) in [6.07, 6.45) is 5.30. The average molecular weight is 468 g/mol. The van der Waals surface area contributed by atoms with Crippen molar-refractivity contribution in [2.24, 2.45) is 14.1 Å². The largest absolute Gasteiger partial charge is 0.491 e. The molecular formula is C24H25N3O5S. The molecule has 0 fully saturated rings. The van der Waals surface area contributed by atoms with Crippen molar-refractivity contribution in [3.8, 4) is 28.0 Å². The van der Waals surface area contributed by atoms with Gasteiger partial charge in [0.05, 0.1) is 23.5 Å². The molecule has 33 heavy (non-hydrogen) atoms. The first-order valence-electron chi connectivity index (χ1n) is 10.5. The standard InChI is InChI=1S/C24H25N3O5S/c1-4-33(30,31)18-6-8-23(32-10-9-28)21(12-18)22-15-26(2)24(29)19-7-5-16(11-20(19)22)17-13-25-27(3)14-17/h5-8,11-15,28H,4,9-10H2,1-3H3. The molecule has 0 spiro atoms. The molecule has 4 rings (SSSR count). The van der Waals surface area contributed by atoms with Gasteiger partial charge in [0.2, 0.25) is 0 Å². The Morgan fingerprint density at radius 1 is 1.00 bits per heavy atom. The third kappa shape index (κ3) is 4.29. The van der Waals surface area contributed by atoms with Gasteiger partial charge in [-0.3, -0.25) is 9.48 Å². The Kier molecular flexibility index (Phi) is 6.09. The van der Waals surface area contributed by atoms with Crippen LogP contribution in [0.2, 0.25) is 0 Å². The number of aryl methyl sites for hydroxylation is 2. The summed E-state index contributed by atoms with van der Waals surface area (Å²) in [5.41, 5.74) is 2.79. The van der Waals surface area contributed by atoms with Crippen molar-refractivity contribution in [3.05, 3.63) is 65.3 Å². The lowest BCUT2D eigenvalue weighted by molar-refractivity contribution is 0.202. The number of ether oxygens (including phenoxy) is 1. The zero-order valence-corrected chi connectivity index (χ0v) is 19.5. The monoisotopic (exact) mass is 467 g/mol. The number of pyridine rings is 1. The third-order valence-corrected chi connectivity index (χ3v) is 7.28. The number of rotatable bonds is 7. The fourth-order valence-corrected chi connectivity index (χ4v) is 4.70. The van der Waals surface area contributed by atoms with Crippen LogP contribution in [0.5, 0.6) is 5.75 Å². The highest BCUT2D eigenvalue weighted by molar-refractivity contribution is 7.91. The molecule has 0 aliphatic rings. The first-order valence-corrected chi connectivity index (χ1v) is 12.1. The zero-order valence-electron chi connectivity index (χ0n) is 18.6. The van der Waals surface area contributed by atoms with Gasteiger partial charge in [-0.2, -0.15) is 5.10 Å². The van der Waals surface area contributed by atoms with Gasteiger partial charge in [0, 0.05) is 48.6 Å². The van der Waals surface area contributed by atoms with Gasteiger partial charge in [0.1, 0.15) is 12.4 Å². The van der Waals surface area contributed by atoms with Gasteiger partial charge in [0.25, 0.3) is 5.56 Å². The molecule has 0 amide bonds. The van der Waals surface area contributed by atoms with Crippen molar-refractivity contribution in [1.82, 2.24) is 14.3 Å². The van der Waals surface area contributed by atoms with Gasteiger partial charge in [-0.05, 0) is 41.3 Å². The molecular weight excluding hydrogens is 442 g/mol. The molecule has 0 radical (unpaired) electrons. The number of aliphatic hydroxyl groups is 1. The summed E-state index contributed by atoms with van der Waals surface area (Å²) in [6, 6.07) is 10.2. The highest BCUT2D eigenvalue weighted by Crippen LogP contribution is 2.37. The molecule has 0 bridgehead atoms. The molecule has 0 saturated heterocycles. The van der Waals surface area contributed by atoms with Crippen molar-refractivity contribution in [3.63, 3.8) is 0 Å². The van der Waals surface area contributed by atoms with Crippen LogP contribution in [-0.4, -0.2) is 46.8 Å². The Hall–Kier alpha value is -3.43. The number of hydrogen-bond donors (Lipinski definition) is 1. The fraction of sp³-hybridized carbons (Fsp3) is 0.250. The van der Waals surface area contributed by atoms with E-state index in [1.165, 1.54) is 10.6 Å². The van der Waals surface area contributed by atoms with Gasteiger partial charge in [-0.15, -0.1) is 0 Å². The average Bonchev–Trinajstić information content (AvgIpc) is 3.26. The third-order valence-electron chi connectivity index (χ3n) is 5.55. The summed E-state index contributed by atoms with van der Waals surface area (Å²) < 4.78 is 34.1. The van der Waals surface area contributed by atoms with Crippen LogP contribution in [0.4, 0.5) is 0 Å². The topological polar surface area (TPSA) is 103 Å². The van der Waals surface area contributed by atoms with Gasteiger partial charge < -0.3 is 14.4 Å². The van der Waals surface area contributed by atoms with Crippen LogP contribution in [0.3, 0.4) is 0 Å². The molecule has 4 aromatic rings. The van der Waals surface area contributed by atoms with E-state index in [0.717, 1.165) is 11.1 Å². The Morgan fingerprint density at radius 2 is 1.79 bits per heavy atom.